The predicted octanol–water partition coefficient (Wildman–Crippen LogP) is 3.10. The lowest BCUT2D eigenvalue weighted by molar-refractivity contribution is 0.0562. The Hall–Kier alpha value is -1.31. The van der Waals surface area contributed by atoms with Crippen molar-refractivity contribution in [2.75, 3.05) is 19.6 Å². The third kappa shape index (κ3) is 3.66. The van der Waals surface area contributed by atoms with Gasteiger partial charge in [-0.1, -0.05) is 38.5 Å². The van der Waals surface area contributed by atoms with Gasteiger partial charge in [-0.05, 0) is 30.4 Å². The Balaban J connectivity index is 2.00. The molecule has 0 saturated carbocycles. The molecule has 1 saturated heterocycles. The van der Waals surface area contributed by atoms with Crippen molar-refractivity contribution in [3.8, 4) is 11.8 Å². The third-order valence-electron chi connectivity index (χ3n) is 4.74. The van der Waals surface area contributed by atoms with E-state index in [1.165, 1.54) is 24.2 Å². The molecule has 2 rings (SSSR count). The first-order valence-electron chi connectivity index (χ1n) is 7.72. The molecule has 0 atom stereocenters. The average molecular weight is 304 g/mol. The Labute approximate surface area is 131 Å². The highest BCUT2D eigenvalue weighted by atomic mass is 32.1. The van der Waals surface area contributed by atoms with Gasteiger partial charge in [0.05, 0.1) is 16.3 Å². The topological polar surface area (TPSA) is 46.3 Å². The number of likely N-dealkylation sites (tertiary alicyclic amines) is 1. The number of thiophene rings is 1. The summed E-state index contributed by atoms with van der Waals surface area (Å²) < 4.78 is 0. The van der Waals surface area contributed by atoms with E-state index >= 15 is 0 Å². The summed E-state index contributed by atoms with van der Waals surface area (Å²) in [6.45, 7) is 6.64. The number of carbonyl (C=O) groups excluding carboxylic acids is 1. The van der Waals surface area contributed by atoms with Gasteiger partial charge in [-0.3, -0.25) is 4.79 Å². The first-order valence-corrected chi connectivity index (χ1v) is 8.54. The van der Waals surface area contributed by atoms with Crippen LogP contribution in [0, 0.1) is 17.3 Å². The van der Waals surface area contributed by atoms with Crippen molar-refractivity contribution in [3.05, 3.63) is 21.9 Å². The molecule has 2 N–H and O–H groups in total. The Morgan fingerprint density at radius 3 is 2.57 bits per heavy atom. The van der Waals surface area contributed by atoms with Crippen molar-refractivity contribution in [3.63, 3.8) is 0 Å². The second-order valence-electron chi connectivity index (χ2n) is 5.67. The normalized spacial score (nSPS) is 17.2. The molecular weight excluding hydrogens is 280 g/mol. The van der Waals surface area contributed by atoms with E-state index in [1.54, 1.807) is 0 Å². The summed E-state index contributed by atoms with van der Waals surface area (Å²) in [4.78, 5) is 16.2. The van der Waals surface area contributed by atoms with Crippen LogP contribution in [0.15, 0.2) is 12.1 Å². The molecule has 4 heteroatoms. The van der Waals surface area contributed by atoms with Crippen LogP contribution in [-0.4, -0.2) is 30.4 Å². The molecule has 0 bridgehead atoms. The molecule has 1 amide bonds. The number of amides is 1. The van der Waals surface area contributed by atoms with Gasteiger partial charge >= 0.3 is 0 Å². The smallest absolute Gasteiger partial charge is 0.263 e. The van der Waals surface area contributed by atoms with E-state index in [9.17, 15) is 4.79 Å². The molecule has 0 spiro atoms. The fourth-order valence-electron chi connectivity index (χ4n) is 2.96. The highest BCUT2D eigenvalue weighted by Crippen LogP contribution is 2.38. The number of hydrogen-bond donors (Lipinski definition) is 1. The van der Waals surface area contributed by atoms with Crippen molar-refractivity contribution in [1.29, 1.82) is 0 Å². The van der Waals surface area contributed by atoms with Crippen molar-refractivity contribution in [2.45, 2.75) is 39.5 Å². The second-order valence-corrected chi connectivity index (χ2v) is 6.75. The molecule has 1 fully saturated rings. The van der Waals surface area contributed by atoms with E-state index in [1.807, 2.05) is 17.0 Å². The summed E-state index contributed by atoms with van der Waals surface area (Å²) in [5, 5.41) is 0. The average Bonchev–Trinajstić information content (AvgIpc) is 3.01. The monoisotopic (exact) mass is 304 g/mol. The van der Waals surface area contributed by atoms with Crippen LogP contribution in [-0.2, 0) is 0 Å². The van der Waals surface area contributed by atoms with Crippen LogP contribution < -0.4 is 5.73 Å². The summed E-state index contributed by atoms with van der Waals surface area (Å²) in [5.41, 5.74) is 5.82. The molecule has 1 aromatic heterocycles. The van der Waals surface area contributed by atoms with Gasteiger partial charge in [0, 0.05) is 13.1 Å². The van der Waals surface area contributed by atoms with Crippen LogP contribution in [0.25, 0.3) is 0 Å². The largest absolute Gasteiger partial charge is 0.338 e. The van der Waals surface area contributed by atoms with Crippen LogP contribution in [0.3, 0.4) is 0 Å². The van der Waals surface area contributed by atoms with Gasteiger partial charge < -0.3 is 10.6 Å². The number of nitrogens with zero attached hydrogens (tertiary/aromatic N) is 1. The summed E-state index contributed by atoms with van der Waals surface area (Å²) in [5.74, 6) is 5.97. The molecular formula is C17H24N2OS. The fourth-order valence-corrected chi connectivity index (χ4v) is 3.80. The van der Waals surface area contributed by atoms with Crippen molar-refractivity contribution in [1.82, 2.24) is 4.90 Å². The molecule has 21 heavy (non-hydrogen) atoms. The Morgan fingerprint density at radius 1 is 1.33 bits per heavy atom. The highest BCUT2D eigenvalue weighted by molar-refractivity contribution is 7.14. The molecule has 1 aromatic rings. The molecule has 0 radical (unpaired) electrons. The van der Waals surface area contributed by atoms with E-state index in [4.69, 9.17) is 5.73 Å². The molecule has 0 aromatic carbocycles. The quantitative estimate of drug-likeness (QED) is 0.872. The number of carbonyl (C=O) groups is 1. The van der Waals surface area contributed by atoms with Gasteiger partial charge in [-0.2, -0.15) is 0 Å². The van der Waals surface area contributed by atoms with E-state index in [-0.39, 0.29) is 5.91 Å². The fraction of sp³-hybridized carbons (Fsp3) is 0.588. The maximum Gasteiger partial charge on any atom is 0.263 e. The minimum absolute atomic E-state index is 0.154. The lowest BCUT2D eigenvalue weighted by atomic mass is 9.74. The first kappa shape index (κ1) is 16.1. The number of piperidine rings is 1. The minimum atomic E-state index is 0.154. The van der Waals surface area contributed by atoms with Crippen LogP contribution in [0.2, 0.25) is 0 Å². The lowest BCUT2D eigenvalue weighted by Gasteiger charge is -2.40. The maximum absolute atomic E-state index is 12.5. The summed E-state index contributed by atoms with van der Waals surface area (Å²) in [6, 6.07) is 3.79. The number of rotatable bonds is 3. The van der Waals surface area contributed by atoms with E-state index in [2.05, 4.69) is 25.7 Å². The van der Waals surface area contributed by atoms with Gasteiger partial charge in [0.2, 0.25) is 0 Å². The lowest BCUT2D eigenvalue weighted by Crippen LogP contribution is -2.42. The van der Waals surface area contributed by atoms with E-state index < -0.39 is 0 Å². The van der Waals surface area contributed by atoms with Gasteiger partial charge in [0.1, 0.15) is 0 Å². The molecule has 1 aliphatic heterocycles. The Bertz CT molecular complexity index is 539. The SMILES string of the molecule is CCC1(CC)CCN(C(=O)c2ccc(C#CCN)s2)CC1. The van der Waals surface area contributed by atoms with Crippen LogP contribution in [0.4, 0.5) is 0 Å². The maximum atomic E-state index is 12.5. The Morgan fingerprint density at radius 2 is 2.00 bits per heavy atom. The summed E-state index contributed by atoms with van der Waals surface area (Å²) in [7, 11) is 0. The molecule has 114 valence electrons. The van der Waals surface area contributed by atoms with Crippen LogP contribution in [0.5, 0.6) is 0 Å². The van der Waals surface area contributed by atoms with Crippen molar-refractivity contribution < 1.29 is 4.79 Å². The first-order chi connectivity index (χ1) is 10.1. The molecule has 0 unspecified atom stereocenters. The number of nitrogens with two attached hydrogens (primary N) is 1. The van der Waals surface area contributed by atoms with Crippen LogP contribution >= 0.6 is 11.3 Å². The van der Waals surface area contributed by atoms with E-state index in [0.29, 0.717) is 12.0 Å². The zero-order chi connectivity index (χ0) is 15.3. The number of hydrogen-bond acceptors (Lipinski definition) is 3. The molecule has 3 nitrogen and oxygen atoms in total. The van der Waals surface area contributed by atoms with Gasteiger partial charge in [-0.25, -0.2) is 0 Å². The molecule has 0 aliphatic carbocycles. The molecule has 2 heterocycles. The van der Waals surface area contributed by atoms with Crippen molar-refractivity contribution in [2.24, 2.45) is 11.1 Å². The Kier molecular flexibility index (Phi) is 5.44. The standard InChI is InChI=1S/C17H24N2OS/c1-3-17(4-2)9-12-19(13-10-17)16(20)15-8-7-14(21-15)6-5-11-18/h7-8H,3-4,9-13,18H2,1-2H3. The van der Waals surface area contributed by atoms with Gasteiger partial charge in [0.25, 0.3) is 5.91 Å². The highest BCUT2D eigenvalue weighted by Gasteiger charge is 2.33. The van der Waals surface area contributed by atoms with Crippen molar-refractivity contribution >= 4 is 17.2 Å². The minimum Gasteiger partial charge on any atom is -0.338 e. The third-order valence-corrected chi connectivity index (χ3v) is 5.73. The van der Waals surface area contributed by atoms with Gasteiger partial charge in [0.15, 0.2) is 0 Å². The molecule has 1 aliphatic rings. The zero-order valence-electron chi connectivity index (χ0n) is 12.9. The zero-order valence-corrected chi connectivity index (χ0v) is 13.8. The summed E-state index contributed by atoms with van der Waals surface area (Å²) in [6.07, 6.45) is 4.67. The second kappa shape index (κ2) is 7.11. The van der Waals surface area contributed by atoms with Gasteiger partial charge in [-0.15, -0.1) is 11.3 Å². The summed E-state index contributed by atoms with van der Waals surface area (Å²) >= 11 is 1.47. The van der Waals surface area contributed by atoms with Crippen LogP contribution in [0.1, 0.15) is 54.1 Å². The predicted molar refractivity (Wildman–Crippen MR) is 88.4 cm³/mol. The van der Waals surface area contributed by atoms with E-state index in [0.717, 1.165) is 35.7 Å².